The molecule has 0 saturated carbocycles. The minimum absolute atomic E-state index is 0.0311. The van der Waals surface area contributed by atoms with Gasteiger partial charge >= 0.3 is 0 Å². The molecule has 0 aromatic heterocycles. The van der Waals surface area contributed by atoms with Gasteiger partial charge in [0.2, 0.25) is 0 Å². The summed E-state index contributed by atoms with van der Waals surface area (Å²) in [5, 5.41) is 3.66. The Hall–Kier alpha value is -0.650. The van der Waals surface area contributed by atoms with Crippen LogP contribution in [-0.2, 0) is 9.84 Å². The average molecular weight is 306 g/mol. The molecule has 0 spiro atoms. The molecule has 1 aromatic carbocycles. The van der Waals surface area contributed by atoms with Crippen molar-refractivity contribution in [1.82, 2.24) is 5.32 Å². The maximum atomic E-state index is 13.0. The van der Waals surface area contributed by atoms with Crippen LogP contribution in [0.5, 0.6) is 0 Å². The number of rotatable bonds is 4. The van der Waals surface area contributed by atoms with E-state index < -0.39 is 9.84 Å². The number of halogens is 2. The van der Waals surface area contributed by atoms with Crippen LogP contribution in [0.1, 0.15) is 24.9 Å². The first-order valence-corrected chi connectivity index (χ1v) is 8.46. The van der Waals surface area contributed by atoms with Gasteiger partial charge in [-0.05, 0) is 43.5 Å². The highest BCUT2D eigenvalue weighted by Crippen LogP contribution is 2.24. The lowest BCUT2D eigenvalue weighted by Crippen LogP contribution is -2.26. The van der Waals surface area contributed by atoms with E-state index in [-0.39, 0.29) is 29.3 Å². The maximum Gasteiger partial charge on any atom is 0.150 e. The minimum atomic E-state index is -2.84. The smallest absolute Gasteiger partial charge is 0.150 e. The predicted octanol–water partition coefficient (Wildman–Crippen LogP) is 2.56. The zero-order chi connectivity index (χ0) is 14.0. The van der Waals surface area contributed by atoms with Gasteiger partial charge in [0.15, 0.2) is 9.84 Å². The Morgan fingerprint density at radius 3 is 2.84 bits per heavy atom. The van der Waals surface area contributed by atoms with Crippen LogP contribution in [0.4, 0.5) is 4.39 Å². The average Bonchev–Trinajstić information content (AvgIpc) is 2.66. The van der Waals surface area contributed by atoms with E-state index in [0.29, 0.717) is 18.0 Å². The van der Waals surface area contributed by atoms with Crippen LogP contribution in [0, 0.1) is 11.7 Å². The van der Waals surface area contributed by atoms with E-state index in [9.17, 15) is 12.8 Å². The van der Waals surface area contributed by atoms with Crippen LogP contribution < -0.4 is 5.32 Å². The summed E-state index contributed by atoms with van der Waals surface area (Å²) in [7, 11) is -2.84. The topological polar surface area (TPSA) is 46.2 Å². The van der Waals surface area contributed by atoms with Crippen molar-refractivity contribution in [3.05, 3.63) is 34.6 Å². The van der Waals surface area contributed by atoms with Crippen LogP contribution in [0.2, 0.25) is 5.02 Å². The van der Waals surface area contributed by atoms with Gasteiger partial charge in [-0.3, -0.25) is 0 Å². The third-order valence-electron chi connectivity index (χ3n) is 3.47. The molecule has 0 radical (unpaired) electrons. The van der Waals surface area contributed by atoms with Gasteiger partial charge in [-0.2, -0.15) is 0 Å². The first-order valence-electron chi connectivity index (χ1n) is 6.26. The van der Waals surface area contributed by atoms with E-state index in [4.69, 9.17) is 11.6 Å². The second-order valence-corrected chi connectivity index (χ2v) is 7.70. The van der Waals surface area contributed by atoms with Gasteiger partial charge in [-0.15, -0.1) is 0 Å². The molecule has 1 aliphatic rings. The molecule has 1 heterocycles. The third kappa shape index (κ3) is 3.91. The van der Waals surface area contributed by atoms with E-state index >= 15 is 0 Å². The Bertz CT molecular complexity index is 562. The quantitative estimate of drug-likeness (QED) is 0.930. The zero-order valence-electron chi connectivity index (χ0n) is 10.7. The third-order valence-corrected chi connectivity index (χ3v) is 5.63. The second kappa shape index (κ2) is 5.77. The maximum absolute atomic E-state index is 13.0. The standard InChI is InChI=1S/C13H17ClFNO2S/c1-9(12-3-2-11(15)6-13(12)14)16-7-10-4-5-19(17,18)8-10/h2-3,6,9-10,16H,4-5,7-8H2,1H3. The molecule has 1 fully saturated rings. The molecule has 1 aliphatic heterocycles. The monoisotopic (exact) mass is 305 g/mol. The highest BCUT2D eigenvalue weighted by Gasteiger charge is 2.27. The highest BCUT2D eigenvalue weighted by molar-refractivity contribution is 7.91. The molecule has 1 saturated heterocycles. The lowest BCUT2D eigenvalue weighted by molar-refractivity contribution is 0.476. The first kappa shape index (κ1) is 14.8. The molecule has 19 heavy (non-hydrogen) atoms. The number of hydrogen-bond acceptors (Lipinski definition) is 3. The van der Waals surface area contributed by atoms with Crippen LogP contribution in [0.25, 0.3) is 0 Å². The van der Waals surface area contributed by atoms with E-state index in [2.05, 4.69) is 5.32 Å². The van der Waals surface area contributed by atoms with Crippen molar-refractivity contribution in [1.29, 1.82) is 0 Å². The molecule has 106 valence electrons. The molecular formula is C13H17ClFNO2S. The SMILES string of the molecule is CC(NCC1CCS(=O)(=O)C1)c1ccc(F)cc1Cl. The summed E-state index contributed by atoms with van der Waals surface area (Å²) in [4.78, 5) is 0. The van der Waals surface area contributed by atoms with Crippen molar-refractivity contribution >= 4 is 21.4 Å². The summed E-state index contributed by atoms with van der Waals surface area (Å²) in [5.41, 5.74) is 0.823. The molecule has 1 aromatic rings. The largest absolute Gasteiger partial charge is 0.310 e. The Kier molecular flexibility index (Phi) is 4.48. The normalized spacial score (nSPS) is 23.4. The van der Waals surface area contributed by atoms with Gasteiger partial charge in [-0.25, -0.2) is 12.8 Å². The first-order chi connectivity index (χ1) is 8.87. The fourth-order valence-corrected chi connectivity index (χ4v) is 4.53. The fraction of sp³-hybridized carbons (Fsp3) is 0.538. The lowest BCUT2D eigenvalue weighted by atomic mass is 10.1. The summed E-state index contributed by atoms with van der Waals surface area (Å²) in [6, 6.07) is 4.28. The molecule has 6 heteroatoms. The number of nitrogens with one attached hydrogen (secondary N) is 1. The molecule has 2 atom stereocenters. The van der Waals surface area contributed by atoms with Gasteiger partial charge < -0.3 is 5.32 Å². The number of benzene rings is 1. The molecule has 0 aliphatic carbocycles. The molecule has 2 unspecified atom stereocenters. The van der Waals surface area contributed by atoms with Gasteiger partial charge in [0, 0.05) is 11.1 Å². The van der Waals surface area contributed by atoms with Gasteiger partial charge in [0.05, 0.1) is 11.5 Å². The zero-order valence-corrected chi connectivity index (χ0v) is 12.3. The Morgan fingerprint density at radius 1 is 1.53 bits per heavy atom. The summed E-state index contributed by atoms with van der Waals surface area (Å²) in [6.45, 7) is 2.57. The molecule has 2 rings (SSSR count). The van der Waals surface area contributed by atoms with Crippen LogP contribution >= 0.6 is 11.6 Å². The van der Waals surface area contributed by atoms with Crippen LogP contribution in [-0.4, -0.2) is 26.5 Å². The Balaban J connectivity index is 1.93. The molecular weight excluding hydrogens is 289 g/mol. The van der Waals surface area contributed by atoms with Crippen molar-refractivity contribution < 1.29 is 12.8 Å². The number of hydrogen-bond donors (Lipinski definition) is 1. The lowest BCUT2D eigenvalue weighted by Gasteiger charge is -2.18. The van der Waals surface area contributed by atoms with Crippen LogP contribution in [0.15, 0.2) is 18.2 Å². The van der Waals surface area contributed by atoms with Crippen molar-refractivity contribution in [3.63, 3.8) is 0 Å². The van der Waals surface area contributed by atoms with Crippen molar-refractivity contribution in [2.45, 2.75) is 19.4 Å². The highest BCUT2D eigenvalue weighted by atomic mass is 35.5. The van der Waals surface area contributed by atoms with Crippen LogP contribution in [0.3, 0.4) is 0 Å². The van der Waals surface area contributed by atoms with E-state index in [1.165, 1.54) is 12.1 Å². The van der Waals surface area contributed by atoms with Crippen molar-refractivity contribution in [2.75, 3.05) is 18.1 Å². The van der Waals surface area contributed by atoms with E-state index in [0.717, 1.165) is 5.56 Å². The summed E-state index contributed by atoms with van der Waals surface area (Å²) in [6.07, 6.45) is 0.708. The van der Waals surface area contributed by atoms with Gasteiger partial charge in [-0.1, -0.05) is 17.7 Å². The van der Waals surface area contributed by atoms with E-state index in [1.807, 2.05) is 6.92 Å². The van der Waals surface area contributed by atoms with E-state index in [1.54, 1.807) is 6.07 Å². The number of sulfone groups is 1. The summed E-state index contributed by atoms with van der Waals surface area (Å²) < 4.78 is 35.7. The predicted molar refractivity (Wildman–Crippen MR) is 74.6 cm³/mol. The summed E-state index contributed by atoms with van der Waals surface area (Å²) >= 11 is 5.99. The second-order valence-electron chi connectivity index (χ2n) is 5.06. The van der Waals surface area contributed by atoms with Crippen molar-refractivity contribution in [2.24, 2.45) is 5.92 Å². The van der Waals surface area contributed by atoms with Gasteiger partial charge in [0.25, 0.3) is 0 Å². The molecule has 1 N–H and O–H groups in total. The van der Waals surface area contributed by atoms with Gasteiger partial charge in [0.1, 0.15) is 5.82 Å². The Labute approximate surface area is 118 Å². The van der Waals surface area contributed by atoms with Crippen molar-refractivity contribution in [3.8, 4) is 0 Å². The molecule has 3 nitrogen and oxygen atoms in total. The molecule has 0 amide bonds. The minimum Gasteiger partial charge on any atom is -0.310 e. The Morgan fingerprint density at radius 2 is 2.26 bits per heavy atom. The molecule has 0 bridgehead atoms. The fourth-order valence-electron chi connectivity index (χ4n) is 2.34. The summed E-state index contributed by atoms with van der Waals surface area (Å²) in [5.74, 6) is 0.337.